The lowest BCUT2D eigenvalue weighted by atomic mass is 9.80. The van der Waals surface area contributed by atoms with Gasteiger partial charge in [-0.25, -0.2) is 0 Å². The highest BCUT2D eigenvalue weighted by Gasteiger charge is 2.46. The van der Waals surface area contributed by atoms with Crippen molar-refractivity contribution in [1.82, 2.24) is 5.06 Å². The number of piperidine rings is 1. The van der Waals surface area contributed by atoms with Gasteiger partial charge in [0, 0.05) is 11.1 Å². The van der Waals surface area contributed by atoms with Crippen LogP contribution in [0.25, 0.3) is 0 Å². The molecule has 0 bridgehead atoms. The van der Waals surface area contributed by atoms with Crippen LogP contribution in [0.3, 0.4) is 0 Å². The van der Waals surface area contributed by atoms with Crippen molar-refractivity contribution in [3.05, 3.63) is 0 Å². The summed E-state index contributed by atoms with van der Waals surface area (Å²) in [6.07, 6.45) is -2.78. The first kappa shape index (κ1) is 14.7. The molecule has 0 aromatic carbocycles. The molecule has 1 N–H and O–H groups in total. The van der Waals surface area contributed by atoms with Crippen LogP contribution < -0.4 is 0 Å². The van der Waals surface area contributed by atoms with E-state index in [1.165, 1.54) is 5.06 Å². The molecule has 1 rings (SSSR count). The van der Waals surface area contributed by atoms with Crippen molar-refractivity contribution in [1.29, 1.82) is 0 Å². The Balaban J connectivity index is 2.83. The molecule has 1 saturated heterocycles. The molecule has 4 nitrogen and oxygen atoms in total. The van der Waals surface area contributed by atoms with Crippen molar-refractivity contribution in [2.75, 3.05) is 0 Å². The van der Waals surface area contributed by atoms with Gasteiger partial charge >= 0.3 is 6.07 Å². The van der Waals surface area contributed by atoms with E-state index in [2.05, 4.69) is 0 Å². The Bertz CT molecular complexity index is 298. The van der Waals surface area contributed by atoms with Crippen molar-refractivity contribution >= 4 is 28.6 Å². The average Bonchev–Trinajstić information content (AvgIpc) is 1.95. The second kappa shape index (κ2) is 4.42. The van der Waals surface area contributed by atoms with Crippen LogP contribution in [0.15, 0.2) is 0 Å². The SMILES string of the molecule is CC1(C)CC(OP(=O)(Cl)Cl)CC(C)(C)N1O. The van der Waals surface area contributed by atoms with E-state index in [1.807, 2.05) is 27.7 Å². The minimum Gasteiger partial charge on any atom is -0.313 e. The summed E-state index contributed by atoms with van der Waals surface area (Å²) in [6, 6.07) is 0. The van der Waals surface area contributed by atoms with Gasteiger partial charge in [0.15, 0.2) is 0 Å². The van der Waals surface area contributed by atoms with Crippen LogP contribution >= 0.6 is 28.6 Å². The summed E-state index contributed by atoms with van der Waals surface area (Å²) >= 11 is 10.8. The van der Waals surface area contributed by atoms with E-state index in [-0.39, 0.29) is 6.10 Å². The minimum absolute atomic E-state index is 0.311. The number of rotatable bonds is 2. The van der Waals surface area contributed by atoms with E-state index < -0.39 is 17.2 Å². The molecule has 0 radical (unpaired) electrons. The third-order valence-corrected chi connectivity index (χ3v) is 3.89. The van der Waals surface area contributed by atoms with E-state index in [4.69, 9.17) is 27.0 Å². The summed E-state index contributed by atoms with van der Waals surface area (Å²) in [5.41, 5.74) is -0.926. The van der Waals surface area contributed by atoms with E-state index >= 15 is 0 Å². The molecular formula is C9H18Cl2NO3P. The highest BCUT2D eigenvalue weighted by atomic mass is 35.9. The Labute approximate surface area is 106 Å². The summed E-state index contributed by atoms with van der Waals surface area (Å²) in [5.74, 6) is 0. The quantitative estimate of drug-likeness (QED) is 0.781. The number of hydrogen-bond acceptors (Lipinski definition) is 4. The maximum atomic E-state index is 11.2. The lowest BCUT2D eigenvalue weighted by molar-refractivity contribution is -0.254. The van der Waals surface area contributed by atoms with Gasteiger partial charge in [0.05, 0.1) is 6.10 Å². The zero-order valence-corrected chi connectivity index (χ0v) is 12.3. The smallest absolute Gasteiger partial charge is 0.313 e. The first-order valence-corrected chi connectivity index (χ1v) is 8.54. The van der Waals surface area contributed by atoms with Crippen LogP contribution in [-0.4, -0.2) is 27.5 Å². The summed E-state index contributed by atoms with van der Waals surface area (Å²) in [6.45, 7) is 7.55. The van der Waals surface area contributed by atoms with Gasteiger partial charge in [-0.05, 0) is 63.0 Å². The predicted molar refractivity (Wildman–Crippen MR) is 65.2 cm³/mol. The van der Waals surface area contributed by atoms with E-state index in [0.29, 0.717) is 12.8 Å². The van der Waals surface area contributed by atoms with Gasteiger partial charge in [0.2, 0.25) is 0 Å². The van der Waals surface area contributed by atoms with Crippen molar-refractivity contribution < 1.29 is 14.3 Å². The van der Waals surface area contributed by atoms with Crippen LogP contribution in [0.1, 0.15) is 40.5 Å². The van der Waals surface area contributed by atoms with E-state index in [0.717, 1.165) is 0 Å². The molecule has 7 heteroatoms. The normalized spacial score (nSPS) is 26.9. The Morgan fingerprint density at radius 1 is 1.25 bits per heavy atom. The third kappa shape index (κ3) is 3.59. The molecule has 1 fully saturated rings. The lowest BCUT2D eigenvalue weighted by Gasteiger charge is -2.51. The standard InChI is InChI=1S/C9H18Cl2NO3P/c1-8(2)5-7(15-16(10,11)14)6-9(3,4)12(8)13/h7,13H,5-6H2,1-4H3. The Hall–Kier alpha value is 0.690. The highest BCUT2D eigenvalue weighted by Crippen LogP contribution is 2.60. The van der Waals surface area contributed by atoms with Crippen molar-refractivity contribution in [2.24, 2.45) is 0 Å². The zero-order valence-electron chi connectivity index (χ0n) is 9.91. The molecular weight excluding hydrogens is 272 g/mol. The largest absolute Gasteiger partial charge is 0.380 e. The average molecular weight is 290 g/mol. The number of halogens is 2. The first-order valence-electron chi connectivity index (χ1n) is 5.11. The molecule has 0 amide bonds. The fourth-order valence-electron chi connectivity index (χ4n) is 2.43. The van der Waals surface area contributed by atoms with Gasteiger partial charge in [-0.1, -0.05) is 0 Å². The zero-order chi connectivity index (χ0) is 12.8. The third-order valence-electron chi connectivity index (χ3n) is 2.87. The molecule has 16 heavy (non-hydrogen) atoms. The lowest BCUT2D eigenvalue weighted by Crippen LogP contribution is -2.60. The van der Waals surface area contributed by atoms with Gasteiger partial charge in [-0.15, -0.1) is 0 Å². The number of hydrogen-bond donors (Lipinski definition) is 1. The molecule has 96 valence electrons. The highest BCUT2D eigenvalue weighted by molar-refractivity contribution is 8.05. The van der Waals surface area contributed by atoms with Crippen LogP contribution in [0.2, 0.25) is 0 Å². The molecule has 0 spiro atoms. The summed E-state index contributed by atoms with van der Waals surface area (Å²) in [7, 11) is 0. The molecule has 0 aliphatic carbocycles. The Kier molecular flexibility index (Phi) is 4.07. The topological polar surface area (TPSA) is 49.8 Å². The van der Waals surface area contributed by atoms with E-state index in [1.54, 1.807) is 0 Å². The Morgan fingerprint density at radius 2 is 1.62 bits per heavy atom. The molecule has 0 unspecified atom stereocenters. The van der Waals surface area contributed by atoms with Gasteiger partial charge in [0.1, 0.15) is 0 Å². The second-order valence-corrected chi connectivity index (χ2v) is 9.72. The fraction of sp³-hybridized carbons (Fsp3) is 1.00. The van der Waals surface area contributed by atoms with Gasteiger partial charge in [-0.3, -0.25) is 4.57 Å². The maximum absolute atomic E-state index is 11.2. The monoisotopic (exact) mass is 289 g/mol. The van der Waals surface area contributed by atoms with Crippen molar-refractivity contribution in [2.45, 2.75) is 57.7 Å². The molecule has 1 aliphatic rings. The first-order chi connectivity index (χ1) is 6.94. The van der Waals surface area contributed by atoms with Gasteiger partial charge in [0.25, 0.3) is 0 Å². The van der Waals surface area contributed by atoms with Crippen LogP contribution in [0.4, 0.5) is 0 Å². The predicted octanol–water partition coefficient (Wildman–Crippen LogP) is 4.00. The number of nitrogens with zero attached hydrogens (tertiary/aromatic N) is 1. The Morgan fingerprint density at radius 3 is 1.94 bits per heavy atom. The van der Waals surface area contributed by atoms with Crippen LogP contribution in [0, 0.1) is 0 Å². The number of hydroxylamine groups is 2. The molecule has 1 heterocycles. The second-order valence-electron chi connectivity index (χ2n) is 5.49. The summed E-state index contributed by atoms with van der Waals surface area (Å²) < 4.78 is 16.4. The van der Waals surface area contributed by atoms with Gasteiger partial charge < -0.3 is 9.73 Å². The van der Waals surface area contributed by atoms with Crippen molar-refractivity contribution in [3.63, 3.8) is 0 Å². The molecule has 0 atom stereocenters. The van der Waals surface area contributed by atoms with Crippen molar-refractivity contribution in [3.8, 4) is 0 Å². The van der Waals surface area contributed by atoms with Crippen LogP contribution in [-0.2, 0) is 9.09 Å². The molecule has 0 saturated carbocycles. The minimum atomic E-state index is -3.52. The molecule has 0 aromatic heterocycles. The molecule has 0 aromatic rings. The fourth-order valence-corrected chi connectivity index (χ4v) is 3.60. The summed E-state index contributed by atoms with van der Waals surface area (Å²) in [4.78, 5) is 0. The maximum Gasteiger partial charge on any atom is 0.380 e. The molecule has 1 aliphatic heterocycles. The summed E-state index contributed by atoms with van der Waals surface area (Å²) in [5, 5.41) is 11.3. The van der Waals surface area contributed by atoms with Crippen LogP contribution in [0.5, 0.6) is 0 Å². The van der Waals surface area contributed by atoms with E-state index in [9.17, 15) is 9.77 Å². The van der Waals surface area contributed by atoms with Gasteiger partial charge in [-0.2, -0.15) is 5.06 Å².